The van der Waals surface area contributed by atoms with Crippen LogP contribution in [0.25, 0.3) is 0 Å². The van der Waals surface area contributed by atoms with Crippen molar-refractivity contribution in [2.75, 3.05) is 62.1 Å². The molecule has 0 aliphatic carbocycles. The first-order valence-corrected chi connectivity index (χ1v) is 13.2. The van der Waals surface area contributed by atoms with Crippen molar-refractivity contribution in [1.29, 1.82) is 0 Å². The molecule has 3 amide bonds. The summed E-state index contributed by atoms with van der Waals surface area (Å²) < 4.78 is 25.3. The standard InChI is InChI=1S/C29H39FN4O5/c1-6-39-28(36)17-22-13-14-33(19-24(22)30)15-16-34(21(3)35)23-11-12-26(27(18-23)38-5)32(4)29(37)31-25-10-8-7-9-20(25)2/h7-12,18,22,24H,6,13-17,19H2,1-5H3,(H,31,37). The molecule has 212 valence electrons. The lowest BCUT2D eigenvalue weighted by molar-refractivity contribution is -0.145. The van der Waals surface area contributed by atoms with E-state index in [0.29, 0.717) is 48.9 Å². The van der Waals surface area contributed by atoms with Crippen LogP contribution in [0.2, 0.25) is 0 Å². The van der Waals surface area contributed by atoms with Crippen LogP contribution in [0.15, 0.2) is 42.5 Å². The predicted octanol–water partition coefficient (Wildman–Crippen LogP) is 4.64. The van der Waals surface area contributed by atoms with E-state index in [1.807, 2.05) is 36.1 Å². The van der Waals surface area contributed by atoms with Crippen molar-refractivity contribution < 1.29 is 28.2 Å². The van der Waals surface area contributed by atoms with Gasteiger partial charge in [-0.2, -0.15) is 0 Å². The van der Waals surface area contributed by atoms with Crippen LogP contribution in [-0.2, 0) is 14.3 Å². The number of hydrogen-bond acceptors (Lipinski definition) is 6. The van der Waals surface area contributed by atoms with E-state index in [2.05, 4.69) is 5.32 Å². The first-order chi connectivity index (χ1) is 18.6. The van der Waals surface area contributed by atoms with Crippen molar-refractivity contribution in [1.82, 2.24) is 4.90 Å². The number of esters is 1. The Morgan fingerprint density at radius 3 is 2.56 bits per heavy atom. The van der Waals surface area contributed by atoms with Crippen molar-refractivity contribution in [3.63, 3.8) is 0 Å². The molecule has 9 nitrogen and oxygen atoms in total. The Bertz CT molecular complexity index is 1160. The van der Waals surface area contributed by atoms with Crippen molar-refractivity contribution >= 4 is 35.0 Å². The van der Waals surface area contributed by atoms with Gasteiger partial charge < -0.3 is 19.7 Å². The third-order valence-corrected chi connectivity index (χ3v) is 7.04. The van der Waals surface area contributed by atoms with Crippen LogP contribution in [0.4, 0.5) is 26.2 Å². The van der Waals surface area contributed by atoms with E-state index in [9.17, 15) is 18.8 Å². The molecular weight excluding hydrogens is 503 g/mol. The fourth-order valence-corrected chi connectivity index (χ4v) is 4.73. The summed E-state index contributed by atoms with van der Waals surface area (Å²) in [6.07, 6.45) is -0.486. The molecular formula is C29H39FN4O5. The van der Waals surface area contributed by atoms with Gasteiger partial charge in [-0.25, -0.2) is 9.18 Å². The van der Waals surface area contributed by atoms with E-state index >= 15 is 0 Å². The maximum atomic E-state index is 14.8. The summed E-state index contributed by atoms with van der Waals surface area (Å²) >= 11 is 0. The fourth-order valence-electron chi connectivity index (χ4n) is 4.73. The van der Waals surface area contributed by atoms with Crippen molar-refractivity contribution in [3.05, 3.63) is 48.0 Å². The Kier molecular flexibility index (Phi) is 10.7. The second kappa shape index (κ2) is 13.9. The maximum absolute atomic E-state index is 14.8. The summed E-state index contributed by atoms with van der Waals surface area (Å²) in [5.74, 6) is -0.438. The summed E-state index contributed by atoms with van der Waals surface area (Å²) in [5.41, 5.74) is 2.82. The number of urea groups is 1. The van der Waals surface area contributed by atoms with Gasteiger partial charge in [0, 0.05) is 57.0 Å². The molecule has 2 aromatic rings. The minimum absolute atomic E-state index is 0.0893. The number of alkyl halides is 1. The number of piperidine rings is 1. The van der Waals surface area contributed by atoms with E-state index in [1.165, 1.54) is 18.9 Å². The van der Waals surface area contributed by atoms with Crippen LogP contribution < -0.4 is 19.9 Å². The summed E-state index contributed by atoms with van der Waals surface area (Å²) in [6.45, 7) is 7.10. The zero-order valence-corrected chi connectivity index (χ0v) is 23.4. The number of nitrogens with zero attached hydrogens (tertiary/aromatic N) is 3. The van der Waals surface area contributed by atoms with E-state index in [-0.39, 0.29) is 43.4 Å². The van der Waals surface area contributed by atoms with Crippen LogP contribution in [0.3, 0.4) is 0 Å². The molecule has 39 heavy (non-hydrogen) atoms. The molecule has 2 atom stereocenters. The van der Waals surface area contributed by atoms with Crippen LogP contribution in [-0.4, -0.2) is 75.9 Å². The third kappa shape index (κ3) is 7.92. The van der Waals surface area contributed by atoms with Gasteiger partial charge in [0.1, 0.15) is 11.9 Å². The van der Waals surface area contributed by atoms with Gasteiger partial charge in [-0.15, -0.1) is 0 Å². The van der Waals surface area contributed by atoms with E-state index in [1.54, 1.807) is 37.1 Å². The van der Waals surface area contributed by atoms with Crippen LogP contribution in [0.5, 0.6) is 5.75 Å². The number of aryl methyl sites for hydroxylation is 1. The van der Waals surface area contributed by atoms with Crippen molar-refractivity contribution in [2.24, 2.45) is 5.92 Å². The summed E-state index contributed by atoms with van der Waals surface area (Å²) in [7, 11) is 3.16. The molecule has 0 aromatic heterocycles. The zero-order valence-electron chi connectivity index (χ0n) is 23.4. The number of carbonyl (C=O) groups is 3. The van der Waals surface area contributed by atoms with Gasteiger partial charge in [0.2, 0.25) is 5.91 Å². The van der Waals surface area contributed by atoms with E-state index < -0.39 is 6.17 Å². The Morgan fingerprint density at radius 1 is 1.18 bits per heavy atom. The number of halogens is 1. The topological polar surface area (TPSA) is 91.4 Å². The molecule has 2 unspecified atom stereocenters. The number of amides is 3. The highest BCUT2D eigenvalue weighted by Crippen LogP contribution is 2.33. The molecule has 1 fully saturated rings. The van der Waals surface area contributed by atoms with Gasteiger partial charge in [0.25, 0.3) is 0 Å². The number of likely N-dealkylation sites (tertiary alicyclic amines) is 1. The lowest BCUT2D eigenvalue weighted by Crippen LogP contribution is -2.46. The fraction of sp³-hybridized carbons (Fsp3) is 0.483. The molecule has 1 N–H and O–H groups in total. The van der Waals surface area contributed by atoms with E-state index in [0.717, 1.165) is 5.56 Å². The molecule has 3 rings (SSSR count). The Labute approximate surface area is 229 Å². The molecule has 10 heteroatoms. The molecule has 0 spiro atoms. The molecule has 2 aromatic carbocycles. The zero-order chi connectivity index (χ0) is 28.5. The van der Waals surface area contributed by atoms with Gasteiger partial charge in [0.05, 0.1) is 25.8 Å². The SMILES string of the molecule is CCOC(=O)CC1CCN(CCN(C(C)=O)c2ccc(N(C)C(=O)Nc3ccccc3C)c(OC)c2)CC1F. The van der Waals surface area contributed by atoms with Crippen molar-refractivity contribution in [3.8, 4) is 5.75 Å². The summed E-state index contributed by atoms with van der Waals surface area (Å²) in [4.78, 5) is 42.2. The first kappa shape index (κ1) is 29.9. The van der Waals surface area contributed by atoms with Gasteiger partial charge >= 0.3 is 12.0 Å². The van der Waals surface area contributed by atoms with Crippen molar-refractivity contribution in [2.45, 2.75) is 39.8 Å². The number of nitrogens with one attached hydrogen (secondary N) is 1. The largest absolute Gasteiger partial charge is 0.494 e. The summed E-state index contributed by atoms with van der Waals surface area (Å²) in [5, 5.41) is 2.90. The lowest BCUT2D eigenvalue weighted by atomic mass is 9.92. The van der Waals surface area contributed by atoms with Gasteiger partial charge in [-0.05, 0) is 50.6 Å². The second-order valence-electron chi connectivity index (χ2n) is 9.71. The smallest absolute Gasteiger partial charge is 0.326 e. The number of hydrogen-bond donors (Lipinski definition) is 1. The number of methoxy groups -OCH3 is 1. The van der Waals surface area contributed by atoms with E-state index in [4.69, 9.17) is 9.47 Å². The lowest BCUT2D eigenvalue weighted by Gasteiger charge is -2.35. The second-order valence-corrected chi connectivity index (χ2v) is 9.71. The number of para-hydroxylation sites is 1. The van der Waals surface area contributed by atoms with Crippen LogP contribution in [0.1, 0.15) is 32.3 Å². The third-order valence-electron chi connectivity index (χ3n) is 7.04. The Morgan fingerprint density at radius 2 is 1.92 bits per heavy atom. The average molecular weight is 543 g/mol. The molecule has 0 radical (unpaired) electrons. The molecule has 1 aliphatic rings. The molecule has 1 heterocycles. The highest BCUT2D eigenvalue weighted by Gasteiger charge is 2.31. The Balaban J connectivity index is 1.65. The van der Waals surface area contributed by atoms with Gasteiger partial charge in [-0.1, -0.05) is 18.2 Å². The number of ether oxygens (including phenoxy) is 2. The Hall–Kier alpha value is -3.66. The first-order valence-electron chi connectivity index (χ1n) is 13.2. The number of carbonyl (C=O) groups excluding carboxylic acids is 3. The van der Waals surface area contributed by atoms with Crippen LogP contribution in [0, 0.1) is 12.8 Å². The number of benzene rings is 2. The predicted molar refractivity (Wildman–Crippen MR) is 150 cm³/mol. The molecule has 0 saturated carbocycles. The summed E-state index contributed by atoms with van der Waals surface area (Å²) in [6, 6.07) is 12.4. The average Bonchev–Trinajstić information content (AvgIpc) is 2.91. The van der Waals surface area contributed by atoms with Crippen LogP contribution >= 0.6 is 0 Å². The van der Waals surface area contributed by atoms with Gasteiger partial charge in [-0.3, -0.25) is 19.4 Å². The van der Waals surface area contributed by atoms with Gasteiger partial charge in [0.15, 0.2) is 0 Å². The maximum Gasteiger partial charge on any atom is 0.326 e. The highest BCUT2D eigenvalue weighted by atomic mass is 19.1. The minimum atomic E-state index is -1.13. The monoisotopic (exact) mass is 542 g/mol. The number of rotatable bonds is 10. The molecule has 1 saturated heterocycles. The number of anilines is 3. The molecule has 0 bridgehead atoms. The molecule has 1 aliphatic heterocycles. The quantitative estimate of drug-likeness (QED) is 0.440. The minimum Gasteiger partial charge on any atom is -0.494 e. The highest BCUT2D eigenvalue weighted by molar-refractivity contribution is 6.03. The normalized spacial score (nSPS) is 17.3.